The van der Waals surface area contributed by atoms with E-state index in [-0.39, 0.29) is 47.2 Å². The van der Waals surface area contributed by atoms with Crippen LogP contribution in [-0.4, -0.2) is 44.0 Å². The predicted octanol–water partition coefficient (Wildman–Crippen LogP) is 0.390. The van der Waals surface area contributed by atoms with Gasteiger partial charge < -0.3 is 21.6 Å². The Balaban J connectivity index is 0.00000169. The molecule has 3 rings (SSSR count). The molecule has 0 spiro atoms. The molecule has 2 aliphatic heterocycles. The Kier molecular flexibility index (Phi) is 7.22. The molecule has 142 valence electrons. The fourth-order valence-electron chi connectivity index (χ4n) is 2.78. The van der Waals surface area contributed by atoms with Crippen LogP contribution in [0.4, 0.5) is 0 Å². The van der Waals surface area contributed by atoms with Crippen LogP contribution in [0, 0.1) is 0 Å². The molecular formula is C16H20ClN3O5S. The number of carbonyl (C=O) groups is 3. The average Bonchev–Trinajstić information content (AvgIpc) is 2.56. The highest BCUT2D eigenvalue weighted by molar-refractivity contribution is 8.00. The Hall–Kier alpha value is -2.07. The van der Waals surface area contributed by atoms with Gasteiger partial charge in [-0.1, -0.05) is 30.3 Å². The largest absolute Gasteiger partial charge is 0.477 e. The lowest BCUT2D eigenvalue weighted by atomic mass is 10.1. The third kappa shape index (κ3) is 3.85. The zero-order valence-corrected chi connectivity index (χ0v) is 15.5. The molecule has 0 bridgehead atoms. The maximum absolute atomic E-state index is 12.4. The van der Waals surface area contributed by atoms with Gasteiger partial charge in [0.25, 0.3) is 0 Å². The number of hydrogen-bond donors (Lipinski definition) is 3. The summed E-state index contributed by atoms with van der Waals surface area (Å²) in [5, 5.41) is 11.4. The number of benzene rings is 1. The number of fused-ring (bicyclic) bond motifs is 1. The molecule has 0 aliphatic carbocycles. The van der Waals surface area contributed by atoms with E-state index in [0.717, 1.165) is 0 Å². The molecule has 8 nitrogen and oxygen atoms in total. The van der Waals surface area contributed by atoms with E-state index >= 15 is 0 Å². The molecule has 3 atom stereocenters. The second-order valence-electron chi connectivity index (χ2n) is 5.67. The molecule has 2 amide bonds. The molecule has 1 aromatic carbocycles. The standard InChI is InChI=1S/C16H17N3O4S.ClH.H2O/c1-8-13(16(22)23)19-10(20)7-11(19)24-15(8)18-14(21)12(17)9-5-3-2-4-6-9;;/h2-6,11-12,15H,7,17H2,1H3,(H,18,21)(H,22,23);1H;1H2/t11-,12?,15?;;/m1../s1. The monoisotopic (exact) mass is 401 g/mol. The number of thioether (sulfide) groups is 1. The Morgan fingerprint density at radius 2 is 1.96 bits per heavy atom. The van der Waals surface area contributed by atoms with Crippen LogP contribution in [0.5, 0.6) is 0 Å². The van der Waals surface area contributed by atoms with Gasteiger partial charge in [0.2, 0.25) is 11.8 Å². The van der Waals surface area contributed by atoms with Gasteiger partial charge in [0.15, 0.2) is 0 Å². The summed E-state index contributed by atoms with van der Waals surface area (Å²) in [4.78, 5) is 36.8. The Labute approximate surface area is 160 Å². The van der Waals surface area contributed by atoms with Crippen LogP contribution in [0.3, 0.4) is 0 Å². The van der Waals surface area contributed by atoms with E-state index < -0.39 is 17.4 Å². The van der Waals surface area contributed by atoms with Crippen LogP contribution in [0.2, 0.25) is 0 Å². The molecule has 1 fully saturated rings. The van der Waals surface area contributed by atoms with E-state index in [1.807, 2.05) is 6.07 Å². The Morgan fingerprint density at radius 3 is 2.50 bits per heavy atom. The van der Waals surface area contributed by atoms with Crippen molar-refractivity contribution < 1.29 is 25.0 Å². The number of carbonyl (C=O) groups excluding carboxylic acids is 2. The van der Waals surface area contributed by atoms with Crippen LogP contribution in [0.1, 0.15) is 24.9 Å². The normalized spacial score (nSPS) is 22.2. The van der Waals surface area contributed by atoms with Crippen molar-refractivity contribution in [3.63, 3.8) is 0 Å². The molecule has 2 aliphatic rings. The lowest BCUT2D eigenvalue weighted by Crippen LogP contribution is -2.57. The number of aliphatic carboxylic acids is 1. The zero-order chi connectivity index (χ0) is 17.4. The number of hydrogen-bond acceptors (Lipinski definition) is 5. The van der Waals surface area contributed by atoms with Gasteiger partial charge in [0, 0.05) is 0 Å². The summed E-state index contributed by atoms with van der Waals surface area (Å²) in [5.74, 6) is -1.77. The number of carboxylic acids is 1. The van der Waals surface area contributed by atoms with Gasteiger partial charge in [-0.25, -0.2) is 4.79 Å². The maximum atomic E-state index is 12.4. The molecule has 0 radical (unpaired) electrons. The van der Waals surface area contributed by atoms with E-state index in [0.29, 0.717) is 11.1 Å². The SMILES string of the molecule is CC1=C(C(=O)O)N2C(=O)C[C@H]2SC1NC(=O)C(N)c1ccccc1.Cl.O. The fraction of sp³-hybridized carbons (Fsp3) is 0.312. The Bertz CT molecular complexity index is 743. The molecule has 10 heteroatoms. The Morgan fingerprint density at radius 1 is 1.35 bits per heavy atom. The zero-order valence-electron chi connectivity index (χ0n) is 13.8. The predicted molar refractivity (Wildman–Crippen MR) is 99.3 cm³/mol. The van der Waals surface area contributed by atoms with Gasteiger partial charge in [-0.2, -0.15) is 0 Å². The van der Waals surface area contributed by atoms with E-state index in [4.69, 9.17) is 5.73 Å². The summed E-state index contributed by atoms with van der Waals surface area (Å²) in [6, 6.07) is 8.10. The van der Waals surface area contributed by atoms with Crippen molar-refractivity contribution in [1.82, 2.24) is 10.2 Å². The van der Waals surface area contributed by atoms with E-state index in [1.54, 1.807) is 31.2 Å². The minimum absolute atomic E-state index is 0. The van der Waals surface area contributed by atoms with Crippen molar-refractivity contribution >= 4 is 42.0 Å². The van der Waals surface area contributed by atoms with Crippen LogP contribution in [0.15, 0.2) is 41.6 Å². The number of carboxylic acid groups (broad SMARTS) is 1. The molecule has 0 aromatic heterocycles. The van der Waals surface area contributed by atoms with Gasteiger partial charge in [-0.05, 0) is 18.1 Å². The summed E-state index contributed by atoms with van der Waals surface area (Å²) < 4.78 is 0. The van der Waals surface area contributed by atoms with Gasteiger partial charge in [-0.15, -0.1) is 24.2 Å². The van der Waals surface area contributed by atoms with E-state index in [2.05, 4.69) is 5.32 Å². The number of β-lactam (4-membered cyclic amide) rings is 1. The molecule has 26 heavy (non-hydrogen) atoms. The number of nitrogens with two attached hydrogens (primary N) is 1. The third-order valence-corrected chi connectivity index (χ3v) is 5.56. The van der Waals surface area contributed by atoms with E-state index in [9.17, 15) is 19.5 Å². The number of rotatable bonds is 4. The second kappa shape index (κ2) is 8.54. The molecule has 6 N–H and O–H groups in total. The summed E-state index contributed by atoms with van der Waals surface area (Å²) in [7, 11) is 0. The van der Waals surface area contributed by atoms with Crippen LogP contribution >= 0.6 is 24.2 Å². The topological polar surface area (TPSA) is 144 Å². The van der Waals surface area contributed by atoms with Crippen LogP contribution in [0.25, 0.3) is 0 Å². The van der Waals surface area contributed by atoms with Gasteiger partial charge in [-0.3, -0.25) is 14.5 Å². The average molecular weight is 402 g/mol. The van der Waals surface area contributed by atoms with Crippen molar-refractivity contribution in [2.75, 3.05) is 0 Å². The molecular weight excluding hydrogens is 382 g/mol. The minimum Gasteiger partial charge on any atom is -0.477 e. The number of nitrogens with zero attached hydrogens (tertiary/aromatic N) is 1. The highest BCUT2D eigenvalue weighted by atomic mass is 35.5. The van der Waals surface area contributed by atoms with Gasteiger partial charge >= 0.3 is 5.97 Å². The van der Waals surface area contributed by atoms with E-state index in [1.165, 1.54) is 16.7 Å². The van der Waals surface area contributed by atoms with Crippen LogP contribution in [-0.2, 0) is 14.4 Å². The summed E-state index contributed by atoms with van der Waals surface area (Å²) in [6.45, 7) is 1.61. The van der Waals surface area contributed by atoms with Crippen LogP contribution < -0.4 is 11.1 Å². The van der Waals surface area contributed by atoms with Gasteiger partial charge in [0.1, 0.15) is 17.1 Å². The molecule has 0 saturated carbocycles. The van der Waals surface area contributed by atoms with Crippen molar-refractivity contribution in [3.8, 4) is 0 Å². The third-order valence-electron chi connectivity index (χ3n) is 4.12. The molecule has 1 saturated heterocycles. The molecule has 2 unspecified atom stereocenters. The lowest BCUT2D eigenvalue weighted by molar-refractivity contribution is -0.146. The van der Waals surface area contributed by atoms with Crippen molar-refractivity contribution in [2.24, 2.45) is 5.73 Å². The molecule has 1 aromatic rings. The summed E-state index contributed by atoms with van der Waals surface area (Å²) >= 11 is 1.35. The first kappa shape index (κ1) is 22.0. The quantitative estimate of drug-likeness (QED) is 0.622. The number of halogens is 1. The smallest absolute Gasteiger partial charge is 0.352 e. The maximum Gasteiger partial charge on any atom is 0.352 e. The molecule has 2 heterocycles. The highest BCUT2D eigenvalue weighted by Gasteiger charge is 2.47. The summed E-state index contributed by atoms with van der Waals surface area (Å²) in [5.41, 5.74) is 7.04. The van der Waals surface area contributed by atoms with Crippen molar-refractivity contribution in [1.29, 1.82) is 0 Å². The number of nitrogens with one attached hydrogen (secondary N) is 1. The van der Waals surface area contributed by atoms with Crippen molar-refractivity contribution in [2.45, 2.75) is 30.1 Å². The second-order valence-corrected chi connectivity index (χ2v) is 6.96. The lowest BCUT2D eigenvalue weighted by Gasteiger charge is -2.46. The van der Waals surface area contributed by atoms with Gasteiger partial charge in [0.05, 0.1) is 11.8 Å². The highest BCUT2D eigenvalue weighted by Crippen LogP contribution is 2.43. The first-order valence-corrected chi connectivity index (χ1v) is 8.37. The van der Waals surface area contributed by atoms with Crippen molar-refractivity contribution in [3.05, 3.63) is 47.2 Å². The fourth-order valence-corrected chi connectivity index (χ4v) is 4.18. The first-order valence-electron chi connectivity index (χ1n) is 7.42. The number of amides is 2. The minimum atomic E-state index is -1.17. The summed E-state index contributed by atoms with van der Waals surface area (Å²) in [6.07, 6.45) is 0.270. The first-order chi connectivity index (χ1) is 11.4.